The largest absolute Gasteiger partial charge is 0.385 e. The third kappa shape index (κ3) is 1.38. The zero-order valence-electron chi connectivity index (χ0n) is 8.62. The Morgan fingerprint density at radius 1 is 1.57 bits per heavy atom. The highest BCUT2D eigenvalue weighted by atomic mass is 16.3. The van der Waals surface area contributed by atoms with Crippen molar-refractivity contribution in [1.82, 2.24) is 4.98 Å². The van der Waals surface area contributed by atoms with Gasteiger partial charge < -0.3 is 10.8 Å². The van der Waals surface area contributed by atoms with E-state index in [2.05, 4.69) is 11.9 Å². The molecule has 1 aromatic heterocycles. The van der Waals surface area contributed by atoms with Gasteiger partial charge in [0.1, 0.15) is 5.82 Å². The maximum atomic E-state index is 10.2. The molecular weight excluding hydrogens is 176 g/mol. The summed E-state index contributed by atoms with van der Waals surface area (Å²) in [5.41, 5.74) is 6.88. The minimum atomic E-state index is -0.720. The van der Waals surface area contributed by atoms with E-state index in [4.69, 9.17) is 5.73 Å². The summed E-state index contributed by atoms with van der Waals surface area (Å²) in [6.07, 6.45) is 3.31. The van der Waals surface area contributed by atoms with Crippen LogP contribution in [0.1, 0.15) is 30.9 Å². The van der Waals surface area contributed by atoms with Crippen LogP contribution in [-0.2, 0) is 5.60 Å². The fourth-order valence-electron chi connectivity index (χ4n) is 2.27. The van der Waals surface area contributed by atoms with Crippen molar-refractivity contribution in [2.45, 2.75) is 32.3 Å². The Kier molecular flexibility index (Phi) is 2.00. The molecule has 1 aromatic rings. The molecule has 1 saturated carbocycles. The van der Waals surface area contributed by atoms with Crippen LogP contribution in [0.15, 0.2) is 12.3 Å². The zero-order chi connectivity index (χ0) is 10.3. The fraction of sp³-hybridized carbons (Fsp3) is 0.545. The molecule has 14 heavy (non-hydrogen) atoms. The first kappa shape index (κ1) is 9.46. The molecule has 1 aliphatic rings. The summed E-state index contributed by atoms with van der Waals surface area (Å²) in [5.74, 6) is 1.05. The van der Waals surface area contributed by atoms with E-state index < -0.39 is 5.60 Å². The van der Waals surface area contributed by atoms with Crippen molar-refractivity contribution in [3.05, 3.63) is 23.4 Å². The number of hydrogen-bond donors (Lipinski definition) is 2. The van der Waals surface area contributed by atoms with Crippen LogP contribution in [0.5, 0.6) is 0 Å². The monoisotopic (exact) mass is 192 g/mol. The molecule has 0 saturated heterocycles. The third-order valence-corrected chi connectivity index (χ3v) is 2.93. The van der Waals surface area contributed by atoms with Crippen LogP contribution >= 0.6 is 0 Å². The average molecular weight is 192 g/mol. The van der Waals surface area contributed by atoms with Crippen molar-refractivity contribution in [3.63, 3.8) is 0 Å². The highest BCUT2D eigenvalue weighted by Gasteiger charge is 2.43. The number of aromatic nitrogens is 1. The number of nitrogen functional groups attached to an aromatic ring is 1. The summed E-state index contributed by atoms with van der Waals surface area (Å²) in [6, 6.07) is 1.94. The summed E-state index contributed by atoms with van der Waals surface area (Å²) in [6.45, 7) is 4.09. The third-order valence-electron chi connectivity index (χ3n) is 2.93. The lowest BCUT2D eigenvalue weighted by molar-refractivity contribution is -0.0734. The second-order valence-electron chi connectivity index (χ2n) is 4.49. The molecule has 1 heterocycles. The Labute approximate surface area is 84.0 Å². The summed E-state index contributed by atoms with van der Waals surface area (Å²) < 4.78 is 0. The second kappa shape index (κ2) is 2.95. The number of nitrogens with two attached hydrogens (primary N) is 1. The molecule has 3 nitrogen and oxygen atoms in total. The molecule has 3 N–H and O–H groups in total. The Morgan fingerprint density at radius 3 is 2.79 bits per heavy atom. The molecule has 3 heteroatoms. The van der Waals surface area contributed by atoms with E-state index >= 15 is 0 Å². The standard InChI is InChI=1S/C11H16N2O/c1-7-3-9(10(12)13-6-7)11(14)4-8(2)5-11/h3,6,8,14H,4-5H2,1-2H3,(H2,12,13). The Bertz CT molecular complexity index is 356. The van der Waals surface area contributed by atoms with Gasteiger partial charge in [0.2, 0.25) is 0 Å². The lowest BCUT2D eigenvalue weighted by Crippen LogP contribution is -2.40. The number of hydrogen-bond acceptors (Lipinski definition) is 3. The highest BCUT2D eigenvalue weighted by molar-refractivity contribution is 5.45. The second-order valence-corrected chi connectivity index (χ2v) is 4.49. The number of aryl methyl sites for hydroxylation is 1. The Balaban J connectivity index is 2.36. The average Bonchev–Trinajstić information content (AvgIpc) is 2.07. The Morgan fingerprint density at radius 2 is 2.21 bits per heavy atom. The van der Waals surface area contributed by atoms with E-state index in [9.17, 15) is 5.11 Å². The predicted molar refractivity (Wildman–Crippen MR) is 55.7 cm³/mol. The van der Waals surface area contributed by atoms with Crippen LogP contribution in [0.3, 0.4) is 0 Å². The highest BCUT2D eigenvalue weighted by Crippen LogP contribution is 2.46. The molecule has 0 unspecified atom stereocenters. The fourth-order valence-corrected chi connectivity index (χ4v) is 2.27. The predicted octanol–water partition coefficient (Wildman–Crippen LogP) is 1.59. The smallest absolute Gasteiger partial charge is 0.129 e. The van der Waals surface area contributed by atoms with Crippen LogP contribution in [0.2, 0.25) is 0 Å². The number of aliphatic hydroxyl groups is 1. The maximum Gasteiger partial charge on any atom is 0.129 e. The number of nitrogens with zero attached hydrogens (tertiary/aromatic N) is 1. The zero-order valence-corrected chi connectivity index (χ0v) is 8.62. The van der Waals surface area contributed by atoms with Crippen molar-refractivity contribution in [2.75, 3.05) is 5.73 Å². The van der Waals surface area contributed by atoms with E-state index in [-0.39, 0.29) is 0 Å². The lowest BCUT2D eigenvalue weighted by atomic mass is 9.68. The van der Waals surface area contributed by atoms with Crippen molar-refractivity contribution in [3.8, 4) is 0 Å². The topological polar surface area (TPSA) is 59.1 Å². The van der Waals surface area contributed by atoms with E-state index in [0.29, 0.717) is 11.7 Å². The van der Waals surface area contributed by atoms with Crippen LogP contribution in [0.4, 0.5) is 5.82 Å². The van der Waals surface area contributed by atoms with Crippen LogP contribution in [0, 0.1) is 12.8 Å². The summed E-state index contributed by atoms with van der Waals surface area (Å²) in [7, 11) is 0. The molecule has 0 amide bonds. The maximum absolute atomic E-state index is 10.2. The molecule has 76 valence electrons. The van der Waals surface area contributed by atoms with Crippen LogP contribution < -0.4 is 5.73 Å². The van der Waals surface area contributed by atoms with Crippen molar-refractivity contribution >= 4 is 5.82 Å². The van der Waals surface area contributed by atoms with Gasteiger partial charge in [0.05, 0.1) is 5.60 Å². The van der Waals surface area contributed by atoms with Gasteiger partial charge in [-0.2, -0.15) is 0 Å². The van der Waals surface area contributed by atoms with E-state index in [1.807, 2.05) is 13.0 Å². The molecule has 0 spiro atoms. The van der Waals surface area contributed by atoms with Gasteiger partial charge in [0, 0.05) is 11.8 Å². The van der Waals surface area contributed by atoms with Crippen LogP contribution in [0.25, 0.3) is 0 Å². The van der Waals surface area contributed by atoms with Gasteiger partial charge >= 0.3 is 0 Å². The summed E-state index contributed by atoms with van der Waals surface area (Å²) >= 11 is 0. The van der Waals surface area contributed by atoms with Gasteiger partial charge in [-0.1, -0.05) is 6.92 Å². The van der Waals surface area contributed by atoms with Crippen LogP contribution in [-0.4, -0.2) is 10.1 Å². The first-order valence-electron chi connectivity index (χ1n) is 4.96. The molecule has 0 bridgehead atoms. The first-order valence-corrected chi connectivity index (χ1v) is 4.96. The van der Waals surface area contributed by atoms with E-state index in [1.54, 1.807) is 6.20 Å². The summed E-state index contributed by atoms with van der Waals surface area (Å²) in [5, 5.41) is 10.2. The van der Waals surface area contributed by atoms with Gasteiger partial charge in [-0.25, -0.2) is 4.98 Å². The van der Waals surface area contributed by atoms with Gasteiger partial charge in [0.25, 0.3) is 0 Å². The number of anilines is 1. The van der Waals surface area contributed by atoms with Crippen molar-refractivity contribution in [1.29, 1.82) is 0 Å². The minimum Gasteiger partial charge on any atom is -0.385 e. The van der Waals surface area contributed by atoms with Gasteiger partial charge in [-0.15, -0.1) is 0 Å². The van der Waals surface area contributed by atoms with Crippen molar-refractivity contribution < 1.29 is 5.11 Å². The molecular formula is C11H16N2O. The first-order chi connectivity index (χ1) is 6.51. The quantitative estimate of drug-likeness (QED) is 0.710. The van der Waals surface area contributed by atoms with Crippen molar-refractivity contribution in [2.24, 2.45) is 5.92 Å². The molecule has 0 atom stereocenters. The van der Waals surface area contributed by atoms with E-state index in [1.165, 1.54) is 0 Å². The normalized spacial score (nSPS) is 31.2. The van der Waals surface area contributed by atoms with E-state index in [0.717, 1.165) is 24.0 Å². The molecule has 0 aliphatic heterocycles. The van der Waals surface area contributed by atoms with Gasteiger partial charge in [-0.3, -0.25) is 0 Å². The molecule has 0 radical (unpaired) electrons. The molecule has 0 aromatic carbocycles. The minimum absolute atomic E-state index is 0.463. The molecule has 1 aliphatic carbocycles. The summed E-state index contributed by atoms with van der Waals surface area (Å²) in [4.78, 5) is 4.07. The van der Waals surface area contributed by atoms with Gasteiger partial charge in [-0.05, 0) is 37.3 Å². The lowest BCUT2D eigenvalue weighted by Gasteiger charge is -2.42. The number of rotatable bonds is 1. The Hall–Kier alpha value is -1.09. The van der Waals surface area contributed by atoms with Gasteiger partial charge in [0.15, 0.2) is 0 Å². The SMILES string of the molecule is Cc1cnc(N)c(C2(O)CC(C)C2)c1. The molecule has 2 rings (SSSR count). The number of pyridine rings is 1. The molecule has 1 fully saturated rings.